The van der Waals surface area contributed by atoms with E-state index in [1.165, 1.54) is 12.1 Å². The molecule has 2 heterocycles. The van der Waals surface area contributed by atoms with Crippen LogP contribution in [0.5, 0.6) is 5.75 Å². The molecule has 0 fully saturated rings. The van der Waals surface area contributed by atoms with Crippen molar-refractivity contribution in [2.75, 3.05) is 11.4 Å². The van der Waals surface area contributed by atoms with Crippen LogP contribution in [0.3, 0.4) is 0 Å². The van der Waals surface area contributed by atoms with Crippen LogP contribution in [0.4, 0.5) is 22.9 Å². The number of ether oxygens (including phenoxy) is 1. The fraction of sp³-hybridized carbons (Fsp3) is 0.294. The molecule has 0 saturated carbocycles. The molecule has 0 saturated heterocycles. The lowest BCUT2D eigenvalue weighted by Crippen LogP contribution is -3.04. The van der Waals surface area contributed by atoms with Crippen molar-refractivity contribution < 1.29 is 19.5 Å². The average Bonchev–Trinajstić information content (AvgIpc) is 2.59. The van der Waals surface area contributed by atoms with E-state index in [4.69, 9.17) is 4.74 Å². The van der Waals surface area contributed by atoms with Crippen molar-refractivity contribution in [3.63, 3.8) is 0 Å². The number of amides is 1. The number of hydroxylamine groups is 1. The van der Waals surface area contributed by atoms with Gasteiger partial charge in [0.25, 0.3) is 0 Å². The van der Waals surface area contributed by atoms with Crippen molar-refractivity contribution >= 4 is 28.8 Å². The van der Waals surface area contributed by atoms with Gasteiger partial charge in [-0.15, -0.1) is 0 Å². The number of hydrogen-bond acceptors (Lipinski definition) is 7. The number of aromatic nitrogens is 1. The van der Waals surface area contributed by atoms with Gasteiger partial charge in [0, 0.05) is 6.20 Å². The number of quaternary nitrogens is 1. The van der Waals surface area contributed by atoms with E-state index in [0.717, 1.165) is 6.92 Å². The standard InChI is InChI=1S/C17H18N4O5/c1-11(22)20(23)12-9-15-14(8-13(12)21(24)25)19(10-17(2,3)26-15)16-6-4-5-7-18-16/h4-9,20H,10H2,1-3H3. The van der Waals surface area contributed by atoms with E-state index >= 15 is 0 Å². The summed E-state index contributed by atoms with van der Waals surface area (Å²) in [6, 6.07) is 7.90. The molecule has 1 unspecified atom stereocenters. The predicted molar refractivity (Wildman–Crippen MR) is 93.7 cm³/mol. The Balaban J connectivity index is 2.21. The molecule has 1 aliphatic heterocycles. The van der Waals surface area contributed by atoms with Crippen LogP contribution in [0.25, 0.3) is 0 Å². The number of carbonyl (C=O) groups excluding carboxylic acids is 1. The fourth-order valence-corrected chi connectivity index (χ4v) is 2.89. The van der Waals surface area contributed by atoms with Gasteiger partial charge < -0.3 is 14.8 Å². The molecular formula is C17H18N4O5. The van der Waals surface area contributed by atoms with Gasteiger partial charge in [0.2, 0.25) is 5.69 Å². The Labute approximate surface area is 149 Å². The second-order valence-electron chi connectivity index (χ2n) is 6.62. The maximum atomic E-state index is 12.1. The Morgan fingerprint density at radius 3 is 2.69 bits per heavy atom. The molecule has 2 aromatic rings. The molecule has 0 bridgehead atoms. The summed E-state index contributed by atoms with van der Waals surface area (Å²) in [5.74, 6) is 0.122. The van der Waals surface area contributed by atoms with Gasteiger partial charge in [0.1, 0.15) is 17.2 Å². The van der Waals surface area contributed by atoms with Gasteiger partial charge in [0.15, 0.2) is 0 Å². The smallest absolute Gasteiger partial charge is 0.332 e. The molecule has 1 aliphatic rings. The molecule has 26 heavy (non-hydrogen) atoms. The maximum Gasteiger partial charge on any atom is 0.332 e. The van der Waals surface area contributed by atoms with Gasteiger partial charge in [-0.25, -0.2) is 9.78 Å². The van der Waals surface area contributed by atoms with Crippen LogP contribution in [0, 0.1) is 15.3 Å². The third-order valence-corrected chi connectivity index (χ3v) is 3.98. The first-order chi connectivity index (χ1) is 12.2. The molecule has 1 amide bonds. The highest BCUT2D eigenvalue weighted by molar-refractivity contribution is 5.78. The fourth-order valence-electron chi connectivity index (χ4n) is 2.89. The van der Waals surface area contributed by atoms with E-state index in [1.54, 1.807) is 23.2 Å². The van der Waals surface area contributed by atoms with E-state index in [2.05, 4.69) is 4.98 Å². The highest BCUT2D eigenvalue weighted by Gasteiger charge is 2.37. The van der Waals surface area contributed by atoms with Crippen LogP contribution in [-0.4, -0.2) is 28.0 Å². The SMILES string of the molecule is CC(=O)[NH+]([O-])c1cc2c(cc1[N+](=O)[O-])N(c1ccccn1)CC(C)(C)O2. The average molecular weight is 358 g/mol. The number of nitro benzene ring substituents is 1. The maximum absolute atomic E-state index is 12.1. The molecule has 1 N–H and O–H groups in total. The zero-order valence-corrected chi connectivity index (χ0v) is 14.6. The van der Waals surface area contributed by atoms with Crippen molar-refractivity contribution in [2.24, 2.45) is 0 Å². The molecule has 136 valence electrons. The summed E-state index contributed by atoms with van der Waals surface area (Å²) in [5.41, 5.74) is -0.917. The van der Waals surface area contributed by atoms with E-state index in [-0.39, 0.29) is 5.69 Å². The highest BCUT2D eigenvalue weighted by atomic mass is 16.6. The minimum atomic E-state index is -0.920. The van der Waals surface area contributed by atoms with Crippen LogP contribution in [0.1, 0.15) is 20.8 Å². The zero-order valence-electron chi connectivity index (χ0n) is 14.6. The Kier molecular flexibility index (Phi) is 4.34. The molecule has 0 radical (unpaired) electrons. The van der Waals surface area contributed by atoms with Crippen molar-refractivity contribution in [3.8, 4) is 5.75 Å². The summed E-state index contributed by atoms with van der Waals surface area (Å²) in [6.07, 6.45) is 1.62. The van der Waals surface area contributed by atoms with Gasteiger partial charge in [-0.2, -0.15) is 0 Å². The van der Waals surface area contributed by atoms with Crippen molar-refractivity contribution in [1.82, 2.24) is 4.98 Å². The Morgan fingerprint density at radius 2 is 2.12 bits per heavy atom. The lowest BCUT2D eigenvalue weighted by molar-refractivity contribution is -0.690. The van der Waals surface area contributed by atoms with Crippen molar-refractivity contribution in [2.45, 2.75) is 26.4 Å². The van der Waals surface area contributed by atoms with Crippen LogP contribution in [0.2, 0.25) is 0 Å². The normalized spacial score (nSPS) is 16.4. The van der Waals surface area contributed by atoms with E-state index in [0.29, 0.717) is 23.8 Å². The summed E-state index contributed by atoms with van der Waals surface area (Å²) >= 11 is 0. The minimum absolute atomic E-state index is 0.278. The Morgan fingerprint density at radius 1 is 1.38 bits per heavy atom. The molecule has 3 rings (SSSR count). The first-order valence-corrected chi connectivity index (χ1v) is 7.95. The zero-order chi connectivity index (χ0) is 19.1. The van der Waals surface area contributed by atoms with Crippen LogP contribution in [-0.2, 0) is 4.79 Å². The number of benzene rings is 1. The number of nitrogens with zero attached hydrogens (tertiary/aromatic N) is 3. The Bertz CT molecular complexity index is 869. The number of carbonyl (C=O) groups is 1. The summed E-state index contributed by atoms with van der Waals surface area (Å²) in [6.45, 7) is 5.21. The second kappa shape index (κ2) is 6.36. The Hall–Kier alpha value is -3.04. The number of fused-ring (bicyclic) bond motifs is 1. The molecular weight excluding hydrogens is 340 g/mol. The largest absolute Gasteiger partial charge is 0.621 e. The molecule has 1 atom stereocenters. The van der Waals surface area contributed by atoms with Crippen LogP contribution < -0.4 is 14.7 Å². The summed E-state index contributed by atoms with van der Waals surface area (Å²) in [5, 5.41) is 22.7. The first kappa shape index (κ1) is 17.8. The number of pyridine rings is 1. The number of rotatable bonds is 3. The number of anilines is 2. The minimum Gasteiger partial charge on any atom is -0.621 e. The third kappa shape index (κ3) is 3.22. The first-order valence-electron chi connectivity index (χ1n) is 7.95. The van der Waals surface area contributed by atoms with Gasteiger partial charge in [-0.3, -0.25) is 15.2 Å². The second-order valence-corrected chi connectivity index (χ2v) is 6.62. The lowest BCUT2D eigenvalue weighted by atomic mass is 10.0. The lowest BCUT2D eigenvalue weighted by Gasteiger charge is -2.40. The van der Waals surface area contributed by atoms with Crippen molar-refractivity contribution in [1.29, 1.82) is 0 Å². The summed E-state index contributed by atoms with van der Waals surface area (Å²) in [7, 11) is 0. The molecule has 0 aliphatic carbocycles. The topological polar surface area (TPSA) is 113 Å². The molecule has 9 heteroatoms. The number of nitro groups is 1. The molecule has 1 aromatic carbocycles. The van der Waals surface area contributed by atoms with E-state index < -0.39 is 27.2 Å². The van der Waals surface area contributed by atoms with Gasteiger partial charge in [0.05, 0.1) is 36.2 Å². The quantitative estimate of drug-likeness (QED) is 0.658. The predicted octanol–water partition coefficient (Wildman–Crippen LogP) is 1.86. The van der Waals surface area contributed by atoms with E-state index in [9.17, 15) is 20.1 Å². The van der Waals surface area contributed by atoms with Gasteiger partial charge in [-0.1, -0.05) is 6.07 Å². The monoisotopic (exact) mass is 358 g/mol. The molecule has 1 aromatic heterocycles. The summed E-state index contributed by atoms with van der Waals surface area (Å²) in [4.78, 5) is 28.4. The van der Waals surface area contributed by atoms with Gasteiger partial charge >= 0.3 is 11.6 Å². The van der Waals surface area contributed by atoms with E-state index in [1.807, 2.05) is 19.9 Å². The molecule has 0 spiro atoms. The van der Waals surface area contributed by atoms with Gasteiger partial charge in [-0.05, 0) is 26.0 Å². The van der Waals surface area contributed by atoms with Crippen LogP contribution in [0.15, 0.2) is 36.5 Å². The van der Waals surface area contributed by atoms with Crippen molar-refractivity contribution in [3.05, 3.63) is 51.9 Å². The number of nitrogens with one attached hydrogen (secondary N) is 1. The summed E-state index contributed by atoms with van der Waals surface area (Å²) < 4.78 is 5.92. The third-order valence-electron chi connectivity index (χ3n) is 3.98. The molecule has 9 nitrogen and oxygen atoms in total. The van der Waals surface area contributed by atoms with Crippen LogP contribution >= 0.6 is 0 Å². The highest BCUT2D eigenvalue weighted by Crippen LogP contribution is 2.44. The number of hydrogen-bond donors (Lipinski definition) is 1.